The summed E-state index contributed by atoms with van der Waals surface area (Å²) in [6.07, 6.45) is 33.7. The summed E-state index contributed by atoms with van der Waals surface area (Å²) in [4.78, 5) is 23.0. The summed E-state index contributed by atoms with van der Waals surface area (Å²) in [5.41, 5.74) is 0. The lowest BCUT2D eigenvalue weighted by atomic mass is 9.97. The van der Waals surface area contributed by atoms with Crippen molar-refractivity contribution >= 4 is 11.9 Å². The Balaban J connectivity index is 3.42. The van der Waals surface area contributed by atoms with Crippen LogP contribution in [0.2, 0.25) is 0 Å². The van der Waals surface area contributed by atoms with Crippen LogP contribution in [0.25, 0.3) is 0 Å². The van der Waals surface area contributed by atoms with Gasteiger partial charge in [-0.25, -0.2) is 0 Å². The van der Waals surface area contributed by atoms with E-state index in [9.17, 15) is 9.59 Å². The summed E-state index contributed by atoms with van der Waals surface area (Å²) in [5.74, 6) is -1.77. The number of ether oxygens (including phenoxy) is 1. The Hall–Kier alpha value is -1.32. The number of rotatable bonds is 28. The number of allylic oxidation sites excluding steroid dienone is 2. The lowest BCUT2D eigenvalue weighted by Gasteiger charge is -2.13. The molecule has 1 N–H and O–H groups in total. The van der Waals surface area contributed by atoms with Crippen molar-refractivity contribution in [3.05, 3.63) is 12.2 Å². The molecular weight excluding hydrogens is 448 g/mol. The van der Waals surface area contributed by atoms with E-state index in [0.29, 0.717) is 13.0 Å². The van der Waals surface area contributed by atoms with Crippen LogP contribution in [0.5, 0.6) is 0 Å². The van der Waals surface area contributed by atoms with E-state index in [4.69, 9.17) is 9.84 Å². The fourth-order valence-corrected chi connectivity index (χ4v) is 4.71. The molecule has 36 heavy (non-hydrogen) atoms. The van der Waals surface area contributed by atoms with E-state index in [1.54, 1.807) is 0 Å². The zero-order valence-electron chi connectivity index (χ0n) is 24.1. The van der Waals surface area contributed by atoms with E-state index in [-0.39, 0.29) is 12.4 Å². The molecular formula is C32H60O4. The molecule has 0 aromatic carbocycles. The normalized spacial score (nSPS) is 12.3. The summed E-state index contributed by atoms with van der Waals surface area (Å²) in [5, 5.41) is 9.03. The molecule has 0 amide bonds. The third kappa shape index (κ3) is 25.8. The van der Waals surface area contributed by atoms with E-state index < -0.39 is 11.9 Å². The van der Waals surface area contributed by atoms with Gasteiger partial charge in [0.2, 0.25) is 0 Å². The summed E-state index contributed by atoms with van der Waals surface area (Å²) in [6.45, 7) is 4.60. The number of aliphatic carboxylic acids is 1. The Labute approximate surface area is 224 Å². The van der Waals surface area contributed by atoms with Gasteiger partial charge in [-0.05, 0) is 38.5 Å². The summed E-state index contributed by atoms with van der Waals surface area (Å²) >= 11 is 0. The second kappa shape index (κ2) is 28.3. The predicted molar refractivity (Wildman–Crippen MR) is 153 cm³/mol. The van der Waals surface area contributed by atoms with E-state index in [0.717, 1.165) is 32.1 Å². The molecule has 212 valence electrons. The molecule has 0 saturated heterocycles. The van der Waals surface area contributed by atoms with Gasteiger partial charge in [0.15, 0.2) is 0 Å². The highest BCUT2D eigenvalue weighted by molar-refractivity contribution is 5.79. The van der Waals surface area contributed by atoms with Crippen LogP contribution in [0.15, 0.2) is 12.2 Å². The number of unbranched alkanes of at least 4 members (excludes halogenated alkanes) is 19. The summed E-state index contributed by atoms with van der Waals surface area (Å²) < 4.78 is 5.15. The molecule has 0 rings (SSSR count). The minimum Gasteiger partial charge on any atom is -0.481 e. The number of esters is 1. The summed E-state index contributed by atoms with van der Waals surface area (Å²) in [7, 11) is 0. The van der Waals surface area contributed by atoms with Gasteiger partial charge >= 0.3 is 11.9 Å². The second-order valence-corrected chi connectivity index (χ2v) is 10.7. The van der Waals surface area contributed by atoms with Crippen molar-refractivity contribution in [2.24, 2.45) is 5.92 Å². The number of hydrogen-bond donors (Lipinski definition) is 1. The van der Waals surface area contributed by atoms with Gasteiger partial charge in [0.1, 0.15) is 0 Å². The van der Waals surface area contributed by atoms with E-state index in [2.05, 4.69) is 19.1 Å². The average molecular weight is 509 g/mol. The van der Waals surface area contributed by atoms with Crippen molar-refractivity contribution in [1.29, 1.82) is 0 Å². The van der Waals surface area contributed by atoms with Crippen molar-refractivity contribution in [2.45, 2.75) is 168 Å². The molecule has 4 heteroatoms. The molecule has 0 fully saturated rings. The van der Waals surface area contributed by atoms with Gasteiger partial charge in [-0.15, -0.1) is 0 Å². The molecule has 0 aromatic rings. The number of carboxylic acids is 1. The van der Waals surface area contributed by atoms with Crippen molar-refractivity contribution in [3.8, 4) is 0 Å². The maximum Gasteiger partial charge on any atom is 0.309 e. The number of carbonyl (C=O) groups is 2. The number of carboxylic acid groups (broad SMARTS) is 1. The van der Waals surface area contributed by atoms with Gasteiger partial charge in [-0.1, -0.05) is 135 Å². The molecule has 0 aliphatic carbocycles. The van der Waals surface area contributed by atoms with Crippen LogP contribution in [0.1, 0.15) is 168 Å². The van der Waals surface area contributed by atoms with Crippen LogP contribution < -0.4 is 0 Å². The Morgan fingerprint density at radius 3 is 1.44 bits per heavy atom. The Bertz CT molecular complexity index is 514. The highest BCUT2D eigenvalue weighted by atomic mass is 16.5. The molecule has 0 bridgehead atoms. The minimum atomic E-state index is -0.923. The van der Waals surface area contributed by atoms with E-state index in [1.165, 1.54) is 109 Å². The van der Waals surface area contributed by atoms with Crippen LogP contribution in [0.4, 0.5) is 0 Å². The lowest BCUT2D eigenvalue weighted by Crippen LogP contribution is -2.21. The van der Waals surface area contributed by atoms with Gasteiger partial charge in [0.05, 0.1) is 18.9 Å². The van der Waals surface area contributed by atoms with E-state index >= 15 is 0 Å². The first kappa shape index (κ1) is 34.7. The van der Waals surface area contributed by atoms with Crippen LogP contribution in [0.3, 0.4) is 0 Å². The topological polar surface area (TPSA) is 63.6 Å². The molecule has 0 spiro atoms. The Morgan fingerprint density at radius 1 is 0.611 bits per heavy atom. The highest BCUT2D eigenvalue weighted by Gasteiger charge is 2.22. The van der Waals surface area contributed by atoms with Gasteiger partial charge < -0.3 is 9.84 Å². The van der Waals surface area contributed by atoms with Gasteiger partial charge in [-0.2, -0.15) is 0 Å². The number of carbonyl (C=O) groups excluding carboxylic acids is 1. The minimum absolute atomic E-state index is 0.120. The maximum atomic E-state index is 12.0. The third-order valence-corrected chi connectivity index (χ3v) is 7.02. The molecule has 1 unspecified atom stereocenters. The van der Waals surface area contributed by atoms with Crippen molar-refractivity contribution < 1.29 is 19.4 Å². The molecule has 0 saturated carbocycles. The largest absolute Gasteiger partial charge is 0.481 e. The molecule has 1 atom stereocenters. The Morgan fingerprint density at radius 2 is 1.03 bits per heavy atom. The molecule has 4 nitrogen and oxygen atoms in total. The third-order valence-electron chi connectivity index (χ3n) is 7.02. The molecule has 0 radical (unpaired) electrons. The fraction of sp³-hybridized carbons (Fsp3) is 0.875. The first-order chi connectivity index (χ1) is 17.6. The van der Waals surface area contributed by atoms with Crippen LogP contribution in [-0.4, -0.2) is 23.7 Å². The fourth-order valence-electron chi connectivity index (χ4n) is 4.71. The van der Waals surface area contributed by atoms with Crippen LogP contribution in [-0.2, 0) is 14.3 Å². The molecule has 0 aromatic heterocycles. The quantitative estimate of drug-likeness (QED) is 0.0648. The van der Waals surface area contributed by atoms with Gasteiger partial charge in [0, 0.05) is 0 Å². The molecule has 0 heterocycles. The van der Waals surface area contributed by atoms with Crippen molar-refractivity contribution in [2.75, 3.05) is 6.61 Å². The number of hydrogen-bond acceptors (Lipinski definition) is 3. The first-order valence-corrected chi connectivity index (χ1v) is 15.6. The predicted octanol–water partition coefficient (Wildman–Crippen LogP) is 10.2. The molecule has 0 aliphatic rings. The highest BCUT2D eigenvalue weighted by Crippen LogP contribution is 2.18. The SMILES string of the molecule is CCCCCCCCCCCCCCCCC/C=C/CCCCCCC(CC(=O)O)C(=O)OCCC. The molecule has 0 aliphatic heterocycles. The zero-order valence-corrected chi connectivity index (χ0v) is 24.1. The maximum absolute atomic E-state index is 12.0. The Kier molecular flexibility index (Phi) is 27.2. The second-order valence-electron chi connectivity index (χ2n) is 10.7. The van der Waals surface area contributed by atoms with Crippen LogP contribution >= 0.6 is 0 Å². The van der Waals surface area contributed by atoms with Gasteiger partial charge in [-0.3, -0.25) is 9.59 Å². The van der Waals surface area contributed by atoms with Crippen LogP contribution in [0, 0.1) is 5.92 Å². The monoisotopic (exact) mass is 508 g/mol. The van der Waals surface area contributed by atoms with Crippen molar-refractivity contribution in [1.82, 2.24) is 0 Å². The zero-order chi connectivity index (χ0) is 26.5. The summed E-state index contributed by atoms with van der Waals surface area (Å²) in [6, 6.07) is 0. The smallest absolute Gasteiger partial charge is 0.309 e. The lowest BCUT2D eigenvalue weighted by molar-refractivity contribution is -0.153. The standard InChI is InChI=1S/C32H60O4/c1-3-5-6-7-8-9-10-11-12-13-14-15-16-17-18-19-20-21-22-23-24-25-26-27-30(29-31(33)34)32(35)36-28-4-2/h20-21,30H,3-19,22-29H2,1-2H3,(H,33,34)/b21-20+. The van der Waals surface area contributed by atoms with Gasteiger partial charge in [0.25, 0.3) is 0 Å². The first-order valence-electron chi connectivity index (χ1n) is 15.6. The van der Waals surface area contributed by atoms with Crippen molar-refractivity contribution in [3.63, 3.8) is 0 Å². The van der Waals surface area contributed by atoms with E-state index in [1.807, 2.05) is 6.92 Å². The average Bonchev–Trinajstić information content (AvgIpc) is 2.86.